The summed E-state index contributed by atoms with van der Waals surface area (Å²) >= 11 is 0. The number of pyridine rings is 1. The molecule has 0 unspecified atom stereocenters. The molecule has 1 aliphatic heterocycles. The van der Waals surface area contributed by atoms with Gasteiger partial charge in [-0.2, -0.15) is 0 Å². The third kappa shape index (κ3) is 23.9. The van der Waals surface area contributed by atoms with E-state index in [2.05, 4.69) is 157 Å². The molecule has 0 saturated heterocycles. The number of hydrogen-bond donors (Lipinski definition) is 5. The molecule has 7 heterocycles. The van der Waals surface area contributed by atoms with Gasteiger partial charge in [-0.05, 0) is 227 Å². The van der Waals surface area contributed by atoms with Gasteiger partial charge in [0.25, 0.3) is 0 Å². The van der Waals surface area contributed by atoms with Crippen LogP contribution >= 0.6 is 0 Å². The summed E-state index contributed by atoms with van der Waals surface area (Å²) in [7, 11) is 0. The Morgan fingerprint density at radius 3 is 1.39 bits per heavy atom. The molecule has 124 heavy (non-hydrogen) atoms. The Labute approximate surface area is 722 Å². The first-order valence-electron chi connectivity index (χ1n) is 42.8. The molecule has 632 valence electrons. The number of nitrogens with one attached hydrogen (secondary N) is 5. The van der Waals surface area contributed by atoms with Gasteiger partial charge in [0.1, 0.15) is 44.3 Å². The lowest BCUT2D eigenvalue weighted by Gasteiger charge is -2.57. The summed E-state index contributed by atoms with van der Waals surface area (Å²) in [5, 5.41) is 26.0. The van der Waals surface area contributed by atoms with Gasteiger partial charge in [-0.15, -0.1) is 5.10 Å². The number of para-hydroxylation sites is 1. The fraction of sp³-hybridized carbons (Fsp3) is 0.283. The SMILES string of the molecule is CC(C)c1nnnn1CC(=O)Nc1ccc(-c2ccccc2)cc1.O=C(Cn1ccnc1)Nc1ccc(C23CC4CC(CC(C4)C2)C3)cc1.O=C(Cn1ccnc1)Nc1ccc(CN2CCc3ccccc32)cc1.O=C(Cn1ccnc1)Nc1ccc(OCC2CCCCC2)cc1.O=C(Cn1ccnc1-c1ccncc1)Nc1ccc(-c2ccccc2)cc1. The first-order valence-corrected chi connectivity index (χ1v) is 42.8. The second-order valence-corrected chi connectivity index (χ2v) is 32.9. The summed E-state index contributed by atoms with van der Waals surface area (Å²) < 4.78 is 14.5. The first-order chi connectivity index (χ1) is 60.7. The topological polar surface area (TPSA) is 286 Å². The number of imidazole rings is 4. The molecule has 25 nitrogen and oxygen atoms in total. The molecule has 4 bridgehead atoms. The van der Waals surface area contributed by atoms with Gasteiger partial charge >= 0.3 is 0 Å². The Morgan fingerprint density at radius 2 is 0.895 bits per heavy atom. The molecular weight excluding hydrogens is 1550 g/mol. The number of rotatable bonds is 25. The maximum atomic E-state index is 12.4. The van der Waals surface area contributed by atoms with E-state index in [1.807, 2.05) is 152 Å². The van der Waals surface area contributed by atoms with E-state index in [0.717, 1.165) is 112 Å². The summed E-state index contributed by atoms with van der Waals surface area (Å²) in [6.07, 6.45) is 38.4. The average Bonchev–Trinajstić information content (AvgIpc) is 1.50. The zero-order valence-electron chi connectivity index (χ0n) is 70.0. The predicted octanol–water partition coefficient (Wildman–Crippen LogP) is 17.9. The van der Waals surface area contributed by atoms with Crippen molar-refractivity contribution in [3.05, 3.63) is 322 Å². The highest BCUT2D eigenvalue weighted by molar-refractivity contribution is 5.93. The number of tetrazole rings is 1. The van der Waals surface area contributed by atoms with Crippen LogP contribution in [0.3, 0.4) is 0 Å². The molecule has 0 spiro atoms. The Bertz CT molecular complexity index is 5650. The van der Waals surface area contributed by atoms with Crippen LogP contribution in [0.25, 0.3) is 33.6 Å². The van der Waals surface area contributed by atoms with Crippen LogP contribution in [0.5, 0.6) is 5.75 Å². The zero-order chi connectivity index (χ0) is 85.2. The average molecular weight is 1660 g/mol. The van der Waals surface area contributed by atoms with Crippen LogP contribution in [0.15, 0.2) is 299 Å². The minimum Gasteiger partial charge on any atom is -0.493 e. The monoisotopic (exact) mass is 1660 g/mol. The molecule has 0 radical (unpaired) electrons. The number of amides is 5. The van der Waals surface area contributed by atoms with E-state index in [1.54, 1.807) is 94.7 Å². The Morgan fingerprint density at radius 1 is 0.444 bits per heavy atom. The van der Waals surface area contributed by atoms with Gasteiger partial charge in [0.2, 0.25) is 29.5 Å². The molecule has 5 saturated carbocycles. The predicted molar refractivity (Wildman–Crippen MR) is 483 cm³/mol. The van der Waals surface area contributed by atoms with Crippen molar-refractivity contribution in [2.45, 2.75) is 141 Å². The standard InChI is InChI=1S/C22H18N4O.C21H25N3O.C20H20N4O.C18H19N5O.C18H23N3O2/c27-21(16-26-15-14-24-22(26)19-10-12-23-13-11-19)25-20-8-6-18(7-9-20)17-4-2-1-3-5-17;25-20(13-24-6-5-22-14-24)23-19-3-1-18(2-4-19)21-10-15-7-16(11-21)9-17(8-15)12-21;25-20(14-23-12-10-21-15-23)22-18-7-5-16(6-8-18)13-24-11-9-17-3-1-2-4-19(17)24;1-13(2)18-20-21-22-23(18)12-17(24)19-16-10-8-15(9-11-16)14-6-4-3-5-7-14;22-18(12-21-11-10-19-14-21)20-16-6-8-17(9-7-16)23-13-15-4-2-1-3-5-15/h1-15H,16H2,(H,25,27);1-6,14-17H,7-13H2,(H,23,25);1-8,10,12,15H,9,11,13-14H2,(H,22,25);3-11,13H,12H2,1-2H3,(H,19,24);6-11,14-15H,1-5,12-13H2,(H,20,22). The highest BCUT2D eigenvalue weighted by atomic mass is 16.5. The minimum atomic E-state index is -0.156. The van der Waals surface area contributed by atoms with Gasteiger partial charge < -0.3 is 54.5 Å². The van der Waals surface area contributed by atoms with E-state index in [-0.39, 0.29) is 61.6 Å². The summed E-state index contributed by atoms with van der Waals surface area (Å²) in [6, 6.07) is 72.5. The molecule has 6 aromatic heterocycles. The molecule has 8 aromatic carbocycles. The van der Waals surface area contributed by atoms with E-state index in [9.17, 15) is 24.0 Å². The lowest BCUT2D eigenvalue weighted by atomic mass is 9.48. The lowest BCUT2D eigenvalue weighted by molar-refractivity contribution is -0.117. The van der Waals surface area contributed by atoms with Crippen LogP contribution in [0.2, 0.25) is 0 Å². The van der Waals surface area contributed by atoms with Crippen molar-refractivity contribution in [1.29, 1.82) is 0 Å². The van der Waals surface area contributed by atoms with Crippen molar-refractivity contribution in [3.8, 4) is 39.4 Å². The number of ether oxygens (including phenoxy) is 1. The highest BCUT2D eigenvalue weighted by Gasteiger charge is 2.51. The van der Waals surface area contributed by atoms with Crippen molar-refractivity contribution in [2.24, 2.45) is 23.7 Å². The van der Waals surface area contributed by atoms with Crippen molar-refractivity contribution in [1.82, 2.24) is 63.4 Å². The van der Waals surface area contributed by atoms with Crippen LogP contribution in [0, 0.1) is 23.7 Å². The molecular formula is C99H105N19O6. The molecule has 5 fully saturated rings. The van der Waals surface area contributed by atoms with Crippen LogP contribution < -0.4 is 36.2 Å². The minimum absolute atomic E-state index is 0.0134. The number of anilines is 6. The first kappa shape index (κ1) is 84.8. The third-order valence-corrected chi connectivity index (χ3v) is 23.3. The molecule has 5 aliphatic carbocycles. The van der Waals surface area contributed by atoms with Gasteiger partial charge in [-0.3, -0.25) is 29.0 Å². The van der Waals surface area contributed by atoms with E-state index >= 15 is 0 Å². The van der Waals surface area contributed by atoms with E-state index in [1.165, 1.54) is 97.7 Å². The Kier molecular flexibility index (Phi) is 28.6. The largest absolute Gasteiger partial charge is 0.493 e. The van der Waals surface area contributed by atoms with Gasteiger partial charge in [-0.25, -0.2) is 24.6 Å². The number of carbonyl (C=O) groups is 5. The van der Waals surface area contributed by atoms with Crippen molar-refractivity contribution < 1.29 is 28.7 Å². The van der Waals surface area contributed by atoms with Crippen molar-refractivity contribution >= 4 is 63.7 Å². The number of hydrogen-bond acceptors (Lipinski definition) is 15. The number of nitrogens with zero attached hydrogens (tertiary/aromatic N) is 14. The molecule has 20 rings (SSSR count). The van der Waals surface area contributed by atoms with E-state index < -0.39 is 0 Å². The molecule has 14 aromatic rings. The fourth-order valence-corrected chi connectivity index (χ4v) is 17.7. The fourth-order valence-electron chi connectivity index (χ4n) is 17.7. The van der Waals surface area contributed by atoms with Gasteiger partial charge in [-0.1, -0.05) is 161 Å². The van der Waals surface area contributed by atoms with Crippen molar-refractivity contribution in [3.63, 3.8) is 0 Å². The quantitative estimate of drug-likeness (QED) is 0.0355. The highest BCUT2D eigenvalue weighted by Crippen LogP contribution is 2.61. The normalized spacial score (nSPS) is 16.4. The maximum absolute atomic E-state index is 12.4. The van der Waals surface area contributed by atoms with E-state index in [4.69, 9.17) is 4.74 Å². The summed E-state index contributed by atoms with van der Waals surface area (Å²) in [6.45, 7) is 7.85. The second-order valence-electron chi connectivity index (χ2n) is 32.9. The van der Waals surface area contributed by atoms with Crippen LogP contribution in [0.1, 0.15) is 113 Å². The summed E-state index contributed by atoms with van der Waals surface area (Å²) in [5.74, 6) is 5.64. The number of carbonyl (C=O) groups excluding carboxylic acids is 5. The maximum Gasteiger partial charge on any atom is 0.246 e. The van der Waals surface area contributed by atoms with Crippen LogP contribution in [0.4, 0.5) is 34.1 Å². The number of fused-ring (bicyclic) bond motifs is 1. The van der Waals surface area contributed by atoms with Gasteiger partial charge in [0.05, 0.1) is 25.6 Å². The number of aromatic nitrogens is 13. The zero-order valence-corrected chi connectivity index (χ0v) is 70.0. The van der Waals surface area contributed by atoms with E-state index in [0.29, 0.717) is 23.7 Å². The lowest BCUT2D eigenvalue weighted by Crippen LogP contribution is -2.48. The third-order valence-electron chi connectivity index (χ3n) is 23.3. The van der Waals surface area contributed by atoms with Gasteiger partial charge in [0, 0.05) is 121 Å². The second kappa shape index (κ2) is 41.8. The molecule has 25 heteroatoms. The van der Waals surface area contributed by atoms with Crippen LogP contribution in [-0.2, 0) is 75.1 Å². The smallest absolute Gasteiger partial charge is 0.246 e. The Balaban J connectivity index is 0.000000120. The number of benzene rings is 8. The Hall–Kier alpha value is -14.2. The summed E-state index contributed by atoms with van der Waals surface area (Å²) in [4.78, 5) is 83.3. The van der Waals surface area contributed by atoms with Crippen LogP contribution in [-0.4, -0.2) is 106 Å². The molecule has 5 N–H and O–H groups in total. The van der Waals surface area contributed by atoms with Crippen molar-refractivity contribution in [2.75, 3.05) is 44.6 Å². The molecule has 5 amide bonds. The molecule has 0 atom stereocenters. The summed E-state index contributed by atoms with van der Waals surface area (Å²) in [5.41, 5.74) is 15.4. The molecule has 6 aliphatic rings. The van der Waals surface area contributed by atoms with Gasteiger partial charge in [0.15, 0.2) is 5.82 Å².